The van der Waals surface area contributed by atoms with Gasteiger partial charge in [0.1, 0.15) is 19.7 Å². The quantitative estimate of drug-likeness (QED) is 0.121. The Morgan fingerprint density at radius 2 is 1.89 bits per heavy atom. The molecule has 1 aromatic carbocycles. The number of nitrogens with zero attached hydrogens (tertiary/aromatic N) is 4. The zero-order valence-electron chi connectivity index (χ0n) is 24.9. The van der Waals surface area contributed by atoms with Gasteiger partial charge < -0.3 is 19.7 Å². The van der Waals surface area contributed by atoms with Crippen molar-refractivity contribution in [1.82, 2.24) is 24.3 Å². The van der Waals surface area contributed by atoms with E-state index in [0.717, 1.165) is 23.3 Å². The van der Waals surface area contributed by atoms with Crippen molar-refractivity contribution in [2.75, 3.05) is 26.2 Å². The number of sulfonamides is 1. The second-order valence-electron chi connectivity index (χ2n) is 11.9. The Bertz CT molecular complexity index is 2070. The molecule has 46 heavy (non-hydrogen) atoms. The van der Waals surface area contributed by atoms with Crippen molar-refractivity contribution in [2.24, 2.45) is 0 Å². The number of nitro benzene ring substituents is 1. The molecule has 1 fully saturated rings. The number of esters is 1. The lowest BCUT2D eigenvalue weighted by molar-refractivity contribution is -0.384. The normalized spacial score (nSPS) is 21.2. The van der Waals surface area contributed by atoms with Crippen molar-refractivity contribution in [3.8, 4) is 11.4 Å². The second-order valence-corrected chi connectivity index (χ2v) is 13.6. The minimum Gasteiger partial charge on any atom is -0.458 e. The maximum Gasteiger partial charge on any atom is 0.343 e. The third kappa shape index (κ3) is 4.46. The van der Waals surface area contributed by atoms with Crippen molar-refractivity contribution < 1.29 is 28.0 Å². The number of benzene rings is 1. The summed E-state index contributed by atoms with van der Waals surface area (Å²) in [5.74, 6) is -0.823. The van der Waals surface area contributed by atoms with Crippen LogP contribution in [-0.2, 0) is 44.7 Å². The highest BCUT2D eigenvalue weighted by atomic mass is 32.2. The molecular formula is C31H31N6O8S+. The summed E-state index contributed by atoms with van der Waals surface area (Å²) in [7, 11) is -4.22. The first-order valence-electron chi connectivity index (χ1n) is 14.8. The Labute approximate surface area is 263 Å². The number of fused-ring (bicyclic) bond motifs is 5. The maximum atomic E-state index is 14.0. The number of aromatic nitrogens is 2. The van der Waals surface area contributed by atoms with Gasteiger partial charge in [-0.15, -0.1) is 0 Å². The van der Waals surface area contributed by atoms with E-state index in [9.17, 15) is 33.2 Å². The Kier molecular flexibility index (Phi) is 6.88. The lowest BCUT2D eigenvalue weighted by atomic mass is 9.86. The van der Waals surface area contributed by atoms with Gasteiger partial charge in [0, 0.05) is 42.8 Å². The number of rotatable bonds is 6. The van der Waals surface area contributed by atoms with E-state index in [0.29, 0.717) is 60.9 Å². The highest BCUT2D eigenvalue weighted by Gasteiger charge is 2.48. The van der Waals surface area contributed by atoms with Gasteiger partial charge in [-0.2, -0.15) is 4.59 Å². The third-order valence-electron chi connectivity index (χ3n) is 9.30. The molecule has 238 valence electrons. The van der Waals surface area contributed by atoms with E-state index in [4.69, 9.17) is 9.72 Å². The fourth-order valence-electron chi connectivity index (χ4n) is 6.92. The van der Waals surface area contributed by atoms with Crippen LogP contribution in [0.5, 0.6) is 0 Å². The minimum absolute atomic E-state index is 0.000275. The first-order valence-corrected chi connectivity index (χ1v) is 16.3. The summed E-state index contributed by atoms with van der Waals surface area (Å²) in [6.45, 7) is 7.14. The van der Waals surface area contributed by atoms with Crippen LogP contribution in [0.1, 0.15) is 41.3 Å². The van der Waals surface area contributed by atoms with Crippen LogP contribution in [-0.4, -0.2) is 60.1 Å². The first kappa shape index (κ1) is 30.1. The van der Waals surface area contributed by atoms with Gasteiger partial charge in [-0.3, -0.25) is 14.9 Å². The standard InChI is InChI=1S/C31H31N6O8S/c1-3-31(40)24-15-26-27-22(16-35(26)29(38)23(24)17-45-30(31)39)28(21-14-18(2)4-9-25(21)33-27)37(12-10-32-11-13-37)34-46(43,44)20-7-5-19(6-8-20)36(41)42/h4-9,15,32,34,40H,2-3,10-14,16-17H2,1H3/q+1. The Morgan fingerprint density at radius 3 is 2.57 bits per heavy atom. The van der Waals surface area contributed by atoms with Crippen LogP contribution in [0, 0.1) is 10.1 Å². The minimum atomic E-state index is -4.22. The highest BCUT2D eigenvalue weighted by molar-refractivity contribution is 7.89. The van der Waals surface area contributed by atoms with E-state index >= 15 is 0 Å². The fraction of sp³-hybridized carbons (Fsp3) is 0.323. The molecule has 1 atom stereocenters. The van der Waals surface area contributed by atoms with E-state index in [1.807, 2.05) is 12.2 Å². The summed E-state index contributed by atoms with van der Waals surface area (Å²) in [6.07, 6.45) is 4.05. The molecule has 7 rings (SSSR count). The lowest BCUT2D eigenvalue weighted by Gasteiger charge is -2.42. The van der Waals surface area contributed by atoms with Crippen LogP contribution in [0.2, 0.25) is 0 Å². The molecule has 3 aromatic rings. The van der Waals surface area contributed by atoms with Crippen molar-refractivity contribution in [3.05, 3.63) is 97.0 Å². The van der Waals surface area contributed by atoms with Crippen molar-refractivity contribution in [3.63, 3.8) is 0 Å². The molecule has 3 aliphatic heterocycles. The van der Waals surface area contributed by atoms with Crippen LogP contribution in [0.15, 0.2) is 58.2 Å². The fourth-order valence-corrected chi connectivity index (χ4v) is 8.26. The molecule has 14 nitrogen and oxygen atoms in total. The molecule has 3 N–H and O–H groups in total. The zero-order valence-corrected chi connectivity index (χ0v) is 25.7. The van der Waals surface area contributed by atoms with Crippen LogP contribution < -0.4 is 20.3 Å². The van der Waals surface area contributed by atoms with E-state index in [-0.39, 0.29) is 45.9 Å². The number of nitro groups is 1. The van der Waals surface area contributed by atoms with Crippen LogP contribution in [0.4, 0.5) is 11.4 Å². The SMILES string of the molecule is C=C1C=Cc2nc3c(c([N+]4(NS(=O)(=O)c5ccc([N+](=O)[O-])cc5)CCNCC4)c2C1)Cn1c-3cc2c(c1=O)COC(=O)C2(O)CC. The Morgan fingerprint density at radius 1 is 1.17 bits per heavy atom. The predicted octanol–water partition coefficient (Wildman–Crippen LogP) is 1.76. The van der Waals surface area contributed by atoms with Crippen LogP contribution >= 0.6 is 0 Å². The summed E-state index contributed by atoms with van der Waals surface area (Å²) in [4.78, 5) is 45.0. The molecule has 0 amide bonds. The Balaban J connectivity index is 1.45. The molecule has 5 heterocycles. The average Bonchev–Trinajstić information content (AvgIpc) is 3.40. The molecule has 0 bridgehead atoms. The molecule has 1 unspecified atom stereocenters. The molecular weight excluding hydrogens is 616 g/mol. The number of quaternary nitrogens is 1. The summed E-state index contributed by atoms with van der Waals surface area (Å²) in [5, 5.41) is 25.8. The van der Waals surface area contributed by atoms with Crippen LogP contribution in [0.25, 0.3) is 17.5 Å². The van der Waals surface area contributed by atoms with Gasteiger partial charge >= 0.3 is 5.97 Å². The molecule has 1 saturated heterocycles. The number of allylic oxidation sites excluding steroid dienone is 2. The number of pyridine rings is 2. The lowest BCUT2D eigenvalue weighted by Crippen LogP contribution is -2.69. The van der Waals surface area contributed by atoms with E-state index < -0.39 is 32.1 Å². The number of aliphatic hydroxyl groups is 1. The molecule has 4 aliphatic rings. The smallest absolute Gasteiger partial charge is 0.343 e. The second kappa shape index (κ2) is 10.5. The van der Waals surface area contributed by atoms with Gasteiger partial charge in [0.05, 0.1) is 44.6 Å². The van der Waals surface area contributed by atoms with Gasteiger partial charge in [-0.05, 0) is 35.5 Å². The van der Waals surface area contributed by atoms with Crippen LogP contribution in [0.3, 0.4) is 0 Å². The average molecular weight is 648 g/mol. The number of nitrogens with one attached hydrogen (secondary N) is 2. The van der Waals surface area contributed by atoms with Gasteiger partial charge in [0.2, 0.25) is 0 Å². The van der Waals surface area contributed by atoms with Crippen molar-refractivity contribution >= 4 is 33.4 Å². The van der Waals surface area contributed by atoms with Gasteiger partial charge in [0.15, 0.2) is 11.3 Å². The Hall–Kier alpha value is -4.54. The molecule has 0 radical (unpaired) electrons. The topological polar surface area (TPSA) is 183 Å². The summed E-state index contributed by atoms with van der Waals surface area (Å²) >= 11 is 0. The number of ether oxygens (including phenoxy) is 1. The van der Waals surface area contributed by atoms with Crippen molar-refractivity contribution in [1.29, 1.82) is 0 Å². The van der Waals surface area contributed by atoms with Gasteiger partial charge in [0.25, 0.3) is 21.3 Å². The molecule has 15 heteroatoms. The highest BCUT2D eigenvalue weighted by Crippen LogP contribution is 2.46. The molecule has 0 spiro atoms. The monoisotopic (exact) mass is 647 g/mol. The number of hydrogen-bond acceptors (Lipinski definition) is 10. The van der Waals surface area contributed by atoms with Gasteiger partial charge in [-0.1, -0.05) is 25.2 Å². The number of non-ortho nitro benzene ring substituents is 1. The van der Waals surface area contributed by atoms with E-state index in [1.165, 1.54) is 16.7 Å². The van der Waals surface area contributed by atoms with Gasteiger partial charge in [-0.25, -0.2) is 18.2 Å². The first-order chi connectivity index (χ1) is 21.9. The summed E-state index contributed by atoms with van der Waals surface area (Å²) in [6, 6.07) is 6.33. The number of piperazine rings is 1. The number of carbonyl (C=O) groups excluding carboxylic acids is 1. The largest absolute Gasteiger partial charge is 0.458 e. The summed E-state index contributed by atoms with van der Waals surface area (Å²) < 4.78 is 34.5. The van der Waals surface area contributed by atoms with E-state index in [2.05, 4.69) is 16.7 Å². The maximum absolute atomic E-state index is 14.0. The zero-order chi connectivity index (χ0) is 32.6. The number of carbonyl (C=O) groups is 1. The third-order valence-corrected chi connectivity index (χ3v) is 10.8. The predicted molar refractivity (Wildman–Crippen MR) is 167 cm³/mol. The molecule has 2 aromatic heterocycles. The number of hydrogen-bond donors (Lipinski definition) is 3. The molecule has 0 saturated carbocycles. The van der Waals surface area contributed by atoms with E-state index in [1.54, 1.807) is 13.0 Å². The summed E-state index contributed by atoms with van der Waals surface area (Å²) in [5.41, 5.74) is 2.04. The van der Waals surface area contributed by atoms with Crippen molar-refractivity contribution in [2.45, 2.75) is 43.4 Å². The molecule has 1 aliphatic carbocycles. The number of cyclic esters (lactones) is 1.